The summed E-state index contributed by atoms with van der Waals surface area (Å²) in [7, 11) is 0. The molecule has 1 saturated heterocycles. The number of aliphatic hydroxyl groups excluding tert-OH is 1. The molecule has 0 radical (unpaired) electrons. The predicted octanol–water partition coefficient (Wildman–Crippen LogP) is 2.04. The maximum atomic E-state index is 11.8. The molecule has 2 aliphatic rings. The Balaban J connectivity index is 1.76. The Morgan fingerprint density at radius 1 is 1.55 bits per heavy atom. The van der Waals surface area contributed by atoms with Gasteiger partial charge in [0, 0.05) is 17.7 Å². The van der Waals surface area contributed by atoms with Crippen molar-refractivity contribution in [3.63, 3.8) is 0 Å². The number of hydrogen-bond acceptors (Lipinski definition) is 5. The first-order chi connectivity index (χ1) is 10.6. The zero-order valence-corrected chi connectivity index (χ0v) is 13.0. The van der Waals surface area contributed by atoms with Crippen LogP contribution in [0.15, 0.2) is 18.2 Å². The van der Waals surface area contributed by atoms with Crippen molar-refractivity contribution in [2.75, 3.05) is 18.5 Å². The molecule has 2 bridgehead atoms. The fraction of sp³-hybridized carbons (Fsp3) is 0.588. The van der Waals surface area contributed by atoms with Crippen LogP contribution in [0.3, 0.4) is 0 Å². The molecule has 2 aliphatic heterocycles. The van der Waals surface area contributed by atoms with Crippen molar-refractivity contribution in [1.29, 1.82) is 0 Å². The highest BCUT2D eigenvalue weighted by atomic mass is 16.5. The molecule has 1 aromatic carbocycles. The minimum Gasteiger partial charge on any atom is -0.466 e. The molecule has 1 aromatic rings. The third-order valence-electron chi connectivity index (χ3n) is 4.44. The van der Waals surface area contributed by atoms with Crippen LogP contribution >= 0.6 is 0 Å². The van der Waals surface area contributed by atoms with E-state index in [0.717, 1.165) is 23.2 Å². The zero-order chi connectivity index (χ0) is 15.7. The molecule has 1 unspecified atom stereocenters. The number of esters is 1. The summed E-state index contributed by atoms with van der Waals surface area (Å²) in [5.41, 5.74) is 3.25. The summed E-state index contributed by atoms with van der Waals surface area (Å²) in [6.45, 7) is 4.49. The Bertz CT molecular complexity index is 560. The molecule has 0 aliphatic carbocycles. The predicted molar refractivity (Wildman–Crippen MR) is 82.7 cm³/mol. The van der Waals surface area contributed by atoms with E-state index in [0.29, 0.717) is 19.6 Å². The Morgan fingerprint density at radius 3 is 3.14 bits per heavy atom. The molecular formula is C17H23NO4. The highest BCUT2D eigenvalue weighted by molar-refractivity contribution is 5.72. The van der Waals surface area contributed by atoms with Crippen molar-refractivity contribution < 1.29 is 19.4 Å². The first-order valence-electron chi connectivity index (χ1n) is 7.94. The SMILES string of the molecule is CCOC(=O)C(C)Cc1ccc2c(c1)[C@H]1C[C@H](N2)[C@H](O)CO1. The largest absolute Gasteiger partial charge is 0.466 e. The molecule has 120 valence electrons. The number of carbonyl (C=O) groups excluding carboxylic acids is 1. The number of carbonyl (C=O) groups is 1. The fourth-order valence-electron chi connectivity index (χ4n) is 3.22. The zero-order valence-electron chi connectivity index (χ0n) is 13.0. The van der Waals surface area contributed by atoms with Crippen molar-refractivity contribution >= 4 is 11.7 Å². The van der Waals surface area contributed by atoms with Gasteiger partial charge in [-0.3, -0.25) is 4.79 Å². The lowest BCUT2D eigenvalue weighted by Crippen LogP contribution is -2.46. The minimum absolute atomic E-state index is 0.0301. The standard InChI is InChI=1S/C17H23NO4/c1-3-21-17(20)10(2)6-11-4-5-13-12(7-11)16-8-14(18-13)15(19)9-22-16/h4-5,7,10,14-16,18-19H,3,6,8-9H2,1-2H3/t10?,14-,15+,16+/m0/s1. The number of rotatable bonds is 4. The summed E-state index contributed by atoms with van der Waals surface area (Å²) in [6, 6.07) is 6.21. The lowest BCUT2D eigenvalue weighted by atomic mass is 9.88. The van der Waals surface area contributed by atoms with Crippen LogP contribution in [-0.4, -0.2) is 36.4 Å². The van der Waals surface area contributed by atoms with Gasteiger partial charge in [0.15, 0.2) is 0 Å². The minimum atomic E-state index is -0.451. The van der Waals surface area contributed by atoms with E-state index in [4.69, 9.17) is 9.47 Å². The van der Waals surface area contributed by atoms with Gasteiger partial charge in [0.2, 0.25) is 0 Å². The summed E-state index contributed by atoms with van der Waals surface area (Å²) in [5.74, 6) is -0.313. The second-order valence-corrected chi connectivity index (χ2v) is 6.15. The number of anilines is 1. The molecule has 4 atom stereocenters. The van der Waals surface area contributed by atoms with Gasteiger partial charge < -0.3 is 19.9 Å². The molecule has 5 nitrogen and oxygen atoms in total. The average molecular weight is 305 g/mol. The number of ether oxygens (including phenoxy) is 2. The van der Waals surface area contributed by atoms with E-state index in [2.05, 4.69) is 11.4 Å². The molecule has 3 rings (SSSR count). The molecule has 1 fully saturated rings. The van der Waals surface area contributed by atoms with Gasteiger partial charge in [0.25, 0.3) is 0 Å². The number of nitrogens with one attached hydrogen (secondary N) is 1. The maximum absolute atomic E-state index is 11.8. The monoisotopic (exact) mass is 305 g/mol. The smallest absolute Gasteiger partial charge is 0.308 e. The highest BCUT2D eigenvalue weighted by Gasteiger charge is 2.36. The Labute approximate surface area is 130 Å². The molecular weight excluding hydrogens is 282 g/mol. The number of aliphatic hydroxyl groups is 1. The van der Waals surface area contributed by atoms with E-state index in [-0.39, 0.29) is 24.0 Å². The molecule has 2 N–H and O–H groups in total. The van der Waals surface area contributed by atoms with Crippen molar-refractivity contribution in [1.82, 2.24) is 0 Å². The van der Waals surface area contributed by atoms with Gasteiger partial charge in [-0.15, -0.1) is 0 Å². The average Bonchev–Trinajstić information content (AvgIpc) is 2.51. The topological polar surface area (TPSA) is 67.8 Å². The van der Waals surface area contributed by atoms with Crippen molar-refractivity contribution in [3.05, 3.63) is 29.3 Å². The Hall–Kier alpha value is -1.59. The lowest BCUT2D eigenvalue weighted by molar-refractivity contribution is -0.147. The molecule has 0 saturated carbocycles. The molecule has 0 amide bonds. The van der Waals surface area contributed by atoms with Crippen molar-refractivity contribution in [3.8, 4) is 0 Å². The van der Waals surface area contributed by atoms with E-state index >= 15 is 0 Å². The van der Waals surface area contributed by atoms with Gasteiger partial charge in [0.1, 0.15) is 0 Å². The molecule has 2 heterocycles. The summed E-state index contributed by atoms with van der Waals surface area (Å²) in [6.07, 6.45) is 1.02. The molecule has 0 aromatic heterocycles. The van der Waals surface area contributed by atoms with Crippen LogP contribution in [0.4, 0.5) is 5.69 Å². The maximum Gasteiger partial charge on any atom is 0.308 e. The second-order valence-electron chi connectivity index (χ2n) is 6.15. The Morgan fingerprint density at radius 2 is 2.36 bits per heavy atom. The van der Waals surface area contributed by atoms with Crippen molar-refractivity contribution in [2.24, 2.45) is 5.92 Å². The fourth-order valence-corrected chi connectivity index (χ4v) is 3.22. The summed E-state index contributed by atoms with van der Waals surface area (Å²) in [5, 5.41) is 13.3. The molecule has 0 spiro atoms. The van der Waals surface area contributed by atoms with Crippen LogP contribution in [0, 0.1) is 5.92 Å². The normalized spacial score (nSPS) is 27.5. The second kappa shape index (κ2) is 6.26. The first-order valence-corrected chi connectivity index (χ1v) is 7.94. The van der Waals surface area contributed by atoms with Crippen LogP contribution in [0.2, 0.25) is 0 Å². The summed E-state index contributed by atoms with van der Waals surface area (Å²) in [4.78, 5) is 11.8. The highest BCUT2D eigenvalue weighted by Crippen LogP contribution is 2.39. The number of fused-ring (bicyclic) bond motifs is 4. The Kier molecular flexibility index (Phi) is 4.36. The van der Waals surface area contributed by atoms with E-state index in [1.165, 1.54) is 0 Å². The van der Waals surface area contributed by atoms with Gasteiger partial charge in [-0.1, -0.05) is 19.1 Å². The third kappa shape index (κ3) is 2.96. The number of hydrogen-bond donors (Lipinski definition) is 2. The van der Waals surface area contributed by atoms with E-state index in [1.54, 1.807) is 0 Å². The number of benzene rings is 1. The van der Waals surface area contributed by atoms with Gasteiger partial charge in [-0.25, -0.2) is 0 Å². The van der Waals surface area contributed by atoms with Crippen molar-refractivity contribution in [2.45, 2.75) is 44.9 Å². The van der Waals surface area contributed by atoms with Crippen LogP contribution < -0.4 is 5.32 Å². The summed E-state index contributed by atoms with van der Waals surface area (Å²) >= 11 is 0. The van der Waals surface area contributed by atoms with E-state index in [9.17, 15) is 9.90 Å². The van der Waals surface area contributed by atoms with Gasteiger partial charge in [0.05, 0.1) is 37.4 Å². The quantitative estimate of drug-likeness (QED) is 0.833. The van der Waals surface area contributed by atoms with E-state index in [1.807, 2.05) is 26.0 Å². The van der Waals surface area contributed by atoms with Crippen LogP contribution in [-0.2, 0) is 20.7 Å². The van der Waals surface area contributed by atoms with Crippen LogP contribution in [0.5, 0.6) is 0 Å². The van der Waals surface area contributed by atoms with Gasteiger partial charge in [-0.05, 0) is 25.0 Å². The van der Waals surface area contributed by atoms with Gasteiger partial charge >= 0.3 is 5.97 Å². The first kappa shape index (κ1) is 15.3. The van der Waals surface area contributed by atoms with Crippen LogP contribution in [0.25, 0.3) is 0 Å². The summed E-state index contributed by atoms with van der Waals surface area (Å²) < 4.78 is 10.8. The van der Waals surface area contributed by atoms with E-state index < -0.39 is 6.10 Å². The molecule has 22 heavy (non-hydrogen) atoms. The van der Waals surface area contributed by atoms with Crippen LogP contribution in [0.1, 0.15) is 37.5 Å². The lowest BCUT2D eigenvalue weighted by Gasteiger charge is -2.40. The van der Waals surface area contributed by atoms with Gasteiger partial charge in [-0.2, -0.15) is 0 Å². The molecule has 5 heteroatoms. The third-order valence-corrected chi connectivity index (χ3v) is 4.44.